The molecule has 7 heteroatoms. The summed E-state index contributed by atoms with van der Waals surface area (Å²) in [5.41, 5.74) is 6.96. The molecule has 3 N–H and O–H groups in total. The van der Waals surface area contributed by atoms with Gasteiger partial charge in [-0.25, -0.2) is 9.78 Å². The van der Waals surface area contributed by atoms with Gasteiger partial charge in [-0.3, -0.25) is 0 Å². The molecule has 20 heavy (non-hydrogen) atoms. The van der Waals surface area contributed by atoms with Crippen molar-refractivity contribution in [3.63, 3.8) is 0 Å². The van der Waals surface area contributed by atoms with Crippen molar-refractivity contribution < 1.29 is 9.53 Å². The maximum Gasteiger partial charge on any atom is 0.410 e. The van der Waals surface area contributed by atoms with Crippen molar-refractivity contribution in [2.45, 2.75) is 39.3 Å². The van der Waals surface area contributed by atoms with Crippen molar-refractivity contribution in [1.29, 1.82) is 0 Å². The van der Waals surface area contributed by atoms with Gasteiger partial charge in [0, 0.05) is 25.6 Å². The number of ether oxygens (including phenoxy) is 1. The average molecular weight is 279 g/mol. The van der Waals surface area contributed by atoms with Gasteiger partial charge in [0.2, 0.25) is 5.95 Å². The Morgan fingerprint density at radius 2 is 2.10 bits per heavy atom. The fraction of sp³-hybridized carbons (Fsp3) is 0.615. The van der Waals surface area contributed by atoms with E-state index < -0.39 is 5.60 Å². The summed E-state index contributed by atoms with van der Waals surface area (Å²) >= 11 is 0. The lowest BCUT2D eigenvalue weighted by atomic mass is 10.1. The molecular weight excluding hydrogens is 258 g/mol. The molecule has 110 valence electrons. The molecule has 0 spiro atoms. The third-order valence-electron chi connectivity index (χ3n) is 2.97. The van der Waals surface area contributed by atoms with E-state index in [0.717, 1.165) is 11.3 Å². The Bertz CT molecular complexity index is 507. The van der Waals surface area contributed by atoms with Gasteiger partial charge in [0.25, 0.3) is 0 Å². The molecule has 1 aliphatic rings. The molecule has 1 aromatic heterocycles. The normalized spacial score (nSPS) is 14.7. The van der Waals surface area contributed by atoms with Crippen LogP contribution in [0, 0.1) is 0 Å². The fourth-order valence-electron chi connectivity index (χ4n) is 2.12. The van der Waals surface area contributed by atoms with Crippen LogP contribution in [0.5, 0.6) is 0 Å². The Hall–Kier alpha value is -2.05. The third kappa shape index (κ3) is 3.09. The van der Waals surface area contributed by atoms with Gasteiger partial charge in [-0.05, 0) is 20.8 Å². The topological polar surface area (TPSA) is 93.4 Å². The summed E-state index contributed by atoms with van der Waals surface area (Å²) < 4.78 is 5.39. The average Bonchev–Trinajstić information content (AvgIpc) is 2.35. The first kappa shape index (κ1) is 14.4. The predicted molar refractivity (Wildman–Crippen MR) is 76.3 cm³/mol. The number of nitrogens with zero attached hydrogens (tertiary/aromatic N) is 3. The third-order valence-corrected chi connectivity index (χ3v) is 2.97. The lowest BCUT2D eigenvalue weighted by Crippen LogP contribution is -2.40. The number of amides is 1. The molecule has 0 aromatic carbocycles. The Morgan fingerprint density at radius 3 is 2.70 bits per heavy atom. The Morgan fingerprint density at radius 1 is 1.40 bits per heavy atom. The zero-order valence-corrected chi connectivity index (χ0v) is 12.4. The summed E-state index contributed by atoms with van der Waals surface area (Å²) in [5.74, 6) is 0.916. The van der Waals surface area contributed by atoms with Crippen molar-refractivity contribution >= 4 is 17.9 Å². The molecule has 0 fully saturated rings. The van der Waals surface area contributed by atoms with Crippen LogP contribution in [-0.2, 0) is 17.7 Å². The zero-order chi connectivity index (χ0) is 14.9. The molecule has 0 atom stereocenters. The molecule has 2 heterocycles. The molecule has 2 rings (SSSR count). The Balaban J connectivity index is 2.20. The van der Waals surface area contributed by atoms with Crippen LogP contribution in [0.25, 0.3) is 0 Å². The van der Waals surface area contributed by atoms with Crippen molar-refractivity contribution in [1.82, 2.24) is 14.9 Å². The van der Waals surface area contributed by atoms with E-state index in [9.17, 15) is 4.79 Å². The zero-order valence-electron chi connectivity index (χ0n) is 12.4. The molecule has 0 aliphatic carbocycles. The summed E-state index contributed by atoms with van der Waals surface area (Å²) in [7, 11) is 1.77. The van der Waals surface area contributed by atoms with Gasteiger partial charge in [-0.15, -0.1) is 0 Å². The molecule has 0 unspecified atom stereocenters. The molecule has 7 nitrogen and oxygen atoms in total. The highest BCUT2D eigenvalue weighted by atomic mass is 16.6. The largest absolute Gasteiger partial charge is 0.444 e. The summed E-state index contributed by atoms with van der Waals surface area (Å²) in [6, 6.07) is 0. The predicted octanol–water partition coefficient (Wildman–Crippen LogP) is 1.39. The lowest BCUT2D eigenvalue weighted by molar-refractivity contribution is 0.0223. The van der Waals surface area contributed by atoms with Gasteiger partial charge < -0.3 is 20.7 Å². The second-order valence-corrected chi connectivity index (χ2v) is 5.76. The second kappa shape index (κ2) is 5.15. The molecule has 1 amide bonds. The van der Waals surface area contributed by atoms with Crippen LogP contribution in [0.15, 0.2) is 0 Å². The first-order valence-electron chi connectivity index (χ1n) is 6.61. The van der Waals surface area contributed by atoms with Crippen LogP contribution >= 0.6 is 0 Å². The van der Waals surface area contributed by atoms with Crippen LogP contribution < -0.4 is 11.1 Å². The van der Waals surface area contributed by atoms with Gasteiger partial charge in [0.1, 0.15) is 11.4 Å². The molecule has 0 bridgehead atoms. The summed E-state index contributed by atoms with van der Waals surface area (Å²) in [6.07, 6.45) is 0.331. The maximum atomic E-state index is 12.1. The number of nitrogen functional groups attached to an aromatic ring is 1. The first-order chi connectivity index (χ1) is 9.30. The Labute approximate surface area is 118 Å². The molecule has 1 aliphatic heterocycles. The quantitative estimate of drug-likeness (QED) is 0.807. The van der Waals surface area contributed by atoms with Crippen LogP contribution in [0.3, 0.4) is 0 Å². The van der Waals surface area contributed by atoms with Crippen molar-refractivity contribution in [3.05, 3.63) is 11.3 Å². The number of nitrogens with two attached hydrogens (primary N) is 1. The molecule has 1 aromatic rings. The first-order valence-corrected chi connectivity index (χ1v) is 6.61. The maximum absolute atomic E-state index is 12.1. The minimum absolute atomic E-state index is 0.249. The molecule has 0 saturated carbocycles. The summed E-state index contributed by atoms with van der Waals surface area (Å²) in [6.45, 7) is 6.56. The highest BCUT2D eigenvalue weighted by molar-refractivity contribution is 5.69. The van der Waals surface area contributed by atoms with Crippen LogP contribution in [0.4, 0.5) is 16.6 Å². The van der Waals surface area contributed by atoms with E-state index >= 15 is 0 Å². The number of fused-ring (bicyclic) bond motifs is 1. The highest BCUT2D eigenvalue weighted by Gasteiger charge is 2.28. The standard InChI is InChI=1S/C13H21N5O2/c1-13(2,3)20-12(19)18-6-5-9-8(7-18)10(15-4)17-11(14)16-9/h5-7H2,1-4H3,(H3,14,15,16,17). The number of hydrogen-bond acceptors (Lipinski definition) is 6. The minimum atomic E-state index is -0.499. The van der Waals surface area contributed by atoms with E-state index in [2.05, 4.69) is 15.3 Å². The second-order valence-electron chi connectivity index (χ2n) is 5.76. The number of rotatable bonds is 1. The Kier molecular flexibility index (Phi) is 3.69. The SMILES string of the molecule is CNc1nc(N)nc2c1CN(C(=O)OC(C)(C)C)CC2. The van der Waals surface area contributed by atoms with E-state index in [0.29, 0.717) is 25.3 Å². The lowest BCUT2D eigenvalue weighted by Gasteiger charge is -2.31. The molecule has 0 saturated heterocycles. The van der Waals surface area contributed by atoms with E-state index in [4.69, 9.17) is 10.5 Å². The van der Waals surface area contributed by atoms with Gasteiger partial charge in [0.15, 0.2) is 0 Å². The van der Waals surface area contributed by atoms with Gasteiger partial charge in [-0.2, -0.15) is 4.98 Å². The van der Waals surface area contributed by atoms with E-state index in [1.807, 2.05) is 20.8 Å². The summed E-state index contributed by atoms with van der Waals surface area (Å²) in [5, 5.41) is 2.99. The van der Waals surface area contributed by atoms with Crippen molar-refractivity contribution in [2.24, 2.45) is 0 Å². The highest BCUT2D eigenvalue weighted by Crippen LogP contribution is 2.25. The van der Waals surface area contributed by atoms with E-state index in [1.165, 1.54) is 0 Å². The number of aromatic nitrogens is 2. The number of carbonyl (C=O) groups is 1. The van der Waals surface area contributed by atoms with E-state index in [-0.39, 0.29) is 12.0 Å². The van der Waals surface area contributed by atoms with Crippen LogP contribution in [-0.4, -0.2) is 40.2 Å². The number of carbonyl (C=O) groups excluding carboxylic acids is 1. The van der Waals surface area contributed by atoms with Crippen molar-refractivity contribution in [2.75, 3.05) is 24.6 Å². The molecular formula is C13H21N5O2. The van der Waals surface area contributed by atoms with Gasteiger partial charge in [0.05, 0.1) is 12.2 Å². The van der Waals surface area contributed by atoms with Crippen LogP contribution in [0.1, 0.15) is 32.0 Å². The molecule has 0 radical (unpaired) electrons. The summed E-state index contributed by atoms with van der Waals surface area (Å²) in [4.78, 5) is 22.2. The fourth-order valence-corrected chi connectivity index (χ4v) is 2.12. The number of anilines is 2. The monoisotopic (exact) mass is 279 g/mol. The van der Waals surface area contributed by atoms with E-state index in [1.54, 1.807) is 11.9 Å². The minimum Gasteiger partial charge on any atom is -0.444 e. The van der Waals surface area contributed by atoms with Crippen molar-refractivity contribution in [3.8, 4) is 0 Å². The van der Waals surface area contributed by atoms with Gasteiger partial charge in [-0.1, -0.05) is 0 Å². The number of hydrogen-bond donors (Lipinski definition) is 2. The van der Waals surface area contributed by atoms with Crippen LogP contribution in [0.2, 0.25) is 0 Å². The smallest absolute Gasteiger partial charge is 0.410 e. The van der Waals surface area contributed by atoms with Gasteiger partial charge >= 0.3 is 6.09 Å². The number of nitrogens with one attached hydrogen (secondary N) is 1.